The Morgan fingerprint density at radius 1 is 1.43 bits per heavy atom. The molecule has 0 fully saturated rings. The summed E-state index contributed by atoms with van der Waals surface area (Å²) in [5.74, 6) is -0.741. The van der Waals surface area contributed by atoms with Crippen LogP contribution in [0, 0.1) is 19.7 Å². The van der Waals surface area contributed by atoms with E-state index in [4.69, 9.17) is 11.6 Å². The molecule has 21 heavy (non-hydrogen) atoms. The predicted octanol–water partition coefficient (Wildman–Crippen LogP) is 2.88. The molecule has 0 aliphatic heterocycles. The minimum atomic E-state index is -0.457. The molecule has 0 spiro atoms. The van der Waals surface area contributed by atoms with Crippen LogP contribution in [0.5, 0.6) is 0 Å². The molecule has 0 aliphatic carbocycles. The van der Waals surface area contributed by atoms with E-state index in [2.05, 4.69) is 15.7 Å². The third-order valence-corrected chi connectivity index (χ3v) is 3.38. The molecule has 0 saturated heterocycles. The van der Waals surface area contributed by atoms with Gasteiger partial charge in [-0.05, 0) is 32.0 Å². The van der Waals surface area contributed by atoms with E-state index in [9.17, 15) is 9.18 Å². The number of anilines is 2. The summed E-state index contributed by atoms with van der Waals surface area (Å²) in [6.45, 7) is 3.61. The molecule has 2 N–H and O–H groups in total. The van der Waals surface area contributed by atoms with Gasteiger partial charge in [0.25, 0.3) is 0 Å². The quantitative estimate of drug-likeness (QED) is 0.913. The average Bonchev–Trinajstić information content (AvgIpc) is 2.66. The summed E-state index contributed by atoms with van der Waals surface area (Å²) >= 11 is 5.79. The molecule has 0 bridgehead atoms. The zero-order valence-corrected chi connectivity index (χ0v) is 12.8. The Hall–Kier alpha value is -2.08. The first-order chi connectivity index (χ1) is 9.88. The molecule has 7 heteroatoms. The van der Waals surface area contributed by atoms with Crippen molar-refractivity contribution in [3.8, 4) is 0 Å². The summed E-state index contributed by atoms with van der Waals surface area (Å²) in [6, 6.07) is 4.13. The number of aryl methyl sites for hydroxylation is 2. The number of nitrogens with zero attached hydrogens (tertiary/aromatic N) is 2. The van der Waals surface area contributed by atoms with Crippen LogP contribution < -0.4 is 10.6 Å². The largest absolute Gasteiger partial charge is 0.374 e. The molecule has 0 saturated carbocycles. The van der Waals surface area contributed by atoms with E-state index in [1.165, 1.54) is 18.2 Å². The van der Waals surface area contributed by atoms with Crippen molar-refractivity contribution >= 4 is 28.9 Å². The highest BCUT2D eigenvalue weighted by Crippen LogP contribution is 2.20. The number of hydrogen-bond acceptors (Lipinski definition) is 3. The van der Waals surface area contributed by atoms with Gasteiger partial charge in [0.2, 0.25) is 5.91 Å². The van der Waals surface area contributed by atoms with Crippen LogP contribution in [-0.2, 0) is 11.8 Å². The lowest BCUT2D eigenvalue weighted by atomic mass is 10.3. The molecule has 2 rings (SSSR count). The molecular formula is C14H16ClFN4O. The maximum atomic E-state index is 13.5. The molecule has 1 heterocycles. The molecule has 0 unspecified atom stereocenters. The number of benzene rings is 1. The number of carbonyl (C=O) groups excluding carboxylic acids is 1. The third-order valence-electron chi connectivity index (χ3n) is 3.14. The summed E-state index contributed by atoms with van der Waals surface area (Å²) in [6.07, 6.45) is 0. The minimum absolute atomic E-state index is 0.0644. The topological polar surface area (TPSA) is 59.0 Å². The highest BCUT2D eigenvalue weighted by molar-refractivity contribution is 6.30. The van der Waals surface area contributed by atoms with Gasteiger partial charge in [-0.25, -0.2) is 4.39 Å². The number of hydrogen-bond donors (Lipinski definition) is 2. The smallest absolute Gasteiger partial charge is 0.243 e. The monoisotopic (exact) mass is 310 g/mol. The fraction of sp³-hybridized carbons (Fsp3) is 0.286. The van der Waals surface area contributed by atoms with Crippen molar-refractivity contribution in [3.63, 3.8) is 0 Å². The maximum Gasteiger partial charge on any atom is 0.243 e. The number of halogens is 2. The van der Waals surface area contributed by atoms with Crippen LogP contribution in [0.1, 0.15) is 11.4 Å². The van der Waals surface area contributed by atoms with Crippen LogP contribution in [0.4, 0.5) is 15.8 Å². The standard InChI is InChI=1S/C14H16ClFN4O/c1-8-14(9(2)20(3)19-8)18-13(21)7-17-12-6-10(15)4-5-11(12)16/h4-6,17H,7H2,1-3H3,(H,18,21). The SMILES string of the molecule is Cc1nn(C)c(C)c1NC(=O)CNc1cc(Cl)ccc1F. The first kappa shape index (κ1) is 15.3. The summed E-state index contributed by atoms with van der Waals surface area (Å²) in [5, 5.41) is 10.1. The lowest BCUT2D eigenvalue weighted by molar-refractivity contribution is -0.114. The molecule has 112 valence electrons. The van der Waals surface area contributed by atoms with Crippen molar-refractivity contribution in [2.24, 2.45) is 7.05 Å². The molecule has 0 aliphatic rings. The van der Waals surface area contributed by atoms with E-state index in [0.717, 1.165) is 11.4 Å². The van der Waals surface area contributed by atoms with Crippen molar-refractivity contribution in [1.82, 2.24) is 9.78 Å². The summed E-state index contributed by atoms with van der Waals surface area (Å²) < 4.78 is 15.2. The van der Waals surface area contributed by atoms with E-state index >= 15 is 0 Å². The molecule has 0 atom stereocenters. The molecule has 1 aromatic carbocycles. The molecule has 1 amide bonds. The number of amides is 1. The van der Waals surface area contributed by atoms with Gasteiger partial charge >= 0.3 is 0 Å². The zero-order chi connectivity index (χ0) is 15.6. The molecule has 5 nitrogen and oxygen atoms in total. The van der Waals surface area contributed by atoms with Crippen LogP contribution in [0.3, 0.4) is 0 Å². The summed E-state index contributed by atoms with van der Waals surface area (Å²) in [7, 11) is 1.80. The van der Waals surface area contributed by atoms with Crippen molar-refractivity contribution in [2.75, 3.05) is 17.2 Å². The lowest BCUT2D eigenvalue weighted by Crippen LogP contribution is -2.22. The number of carbonyl (C=O) groups is 1. The van der Waals surface area contributed by atoms with Gasteiger partial charge in [0.1, 0.15) is 5.82 Å². The molecule has 2 aromatic rings. The Bertz CT molecular complexity index is 684. The second-order valence-corrected chi connectivity index (χ2v) is 5.13. The summed E-state index contributed by atoms with van der Waals surface area (Å²) in [5.41, 5.74) is 2.46. The Kier molecular flexibility index (Phi) is 4.47. The van der Waals surface area contributed by atoms with Crippen LogP contribution in [-0.4, -0.2) is 22.2 Å². The molecular weight excluding hydrogens is 295 g/mol. The fourth-order valence-electron chi connectivity index (χ4n) is 1.95. The van der Waals surface area contributed by atoms with Gasteiger partial charge < -0.3 is 10.6 Å². The number of nitrogens with one attached hydrogen (secondary N) is 2. The Morgan fingerprint density at radius 3 is 2.76 bits per heavy atom. The highest BCUT2D eigenvalue weighted by Gasteiger charge is 2.12. The van der Waals surface area contributed by atoms with Crippen molar-refractivity contribution < 1.29 is 9.18 Å². The van der Waals surface area contributed by atoms with Gasteiger partial charge in [-0.2, -0.15) is 5.10 Å². The minimum Gasteiger partial charge on any atom is -0.374 e. The fourth-order valence-corrected chi connectivity index (χ4v) is 2.12. The lowest BCUT2D eigenvalue weighted by Gasteiger charge is -2.09. The van der Waals surface area contributed by atoms with Crippen LogP contribution in [0.15, 0.2) is 18.2 Å². The van der Waals surface area contributed by atoms with Gasteiger partial charge in [0.05, 0.1) is 29.3 Å². The second kappa shape index (κ2) is 6.13. The van der Waals surface area contributed by atoms with E-state index in [-0.39, 0.29) is 18.1 Å². The third kappa shape index (κ3) is 3.52. The van der Waals surface area contributed by atoms with Gasteiger partial charge in [0, 0.05) is 12.1 Å². The van der Waals surface area contributed by atoms with Crippen LogP contribution >= 0.6 is 11.6 Å². The van der Waals surface area contributed by atoms with Crippen molar-refractivity contribution in [2.45, 2.75) is 13.8 Å². The second-order valence-electron chi connectivity index (χ2n) is 4.70. The Morgan fingerprint density at radius 2 is 2.14 bits per heavy atom. The van der Waals surface area contributed by atoms with E-state index < -0.39 is 5.82 Å². The Balaban J connectivity index is 2.01. The van der Waals surface area contributed by atoms with Gasteiger partial charge in [-0.1, -0.05) is 11.6 Å². The maximum absolute atomic E-state index is 13.5. The van der Waals surface area contributed by atoms with E-state index in [1.54, 1.807) is 11.7 Å². The van der Waals surface area contributed by atoms with Gasteiger partial charge in [0.15, 0.2) is 0 Å². The van der Waals surface area contributed by atoms with Gasteiger partial charge in [-0.15, -0.1) is 0 Å². The normalized spacial score (nSPS) is 10.5. The Labute approximate surface area is 127 Å². The van der Waals surface area contributed by atoms with E-state index in [0.29, 0.717) is 10.7 Å². The van der Waals surface area contributed by atoms with E-state index in [1.807, 2.05) is 13.8 Å². The molecule has 1 aromatic heterocycles. The van der Waals surface area contributed by atoms with Gasteiger partial charge in [-0.3, -0.25) is 9.48 Å². The molecule has 0 radical (unpaired) electrons. The summed E-state index contributed by atoms with van der Waals surface area (Å²) in [4.78, 5) is 11.9. The van der Waals surface area contributed by atoms with Crippen LogP contribution in [0.2, 0.25) is 5.02 Å². The first-order valence-electron chi connectivity index (χ1n) is 6.37. The zero-order valence-electron chi connectivity index (χ0n) is 12.0. The number of aromatic nitrogens is 2. The highest BCUT2D eigenvalue weighted by atomic mass is 35.5. The predicted molar refractivity (Wildman–Crippen MR) is 81.2 cm³/mol. The van der Waals surface area contributed by atoms with Crippen molar-refractivity contribution in [3.05, 3.63) is 40.4 Å². The average molecular weight is 311 g/mol. The van der Waals surface area contributed by atoms with Crippen molar-refractivity contribution in [1.29, 1.82) is 0 Å². The number of rotatable bonds is 4. The first-order valence-corrected chi connectivity index (χ1v) is 6.75. The van der Waals surface area contributed by atoms with Crippen LogP contribution in [0.25, 0.3) is 0 Å².